The molecular weight excluding hydrogens is 363 g/mol. The molecule has 6 nitrogen and oxygen atoms in total. The molecule has 148 valence electrons. The van der Waals surface area contributed by atoms with Crippen LogP contribution in [0.3, 0.4) is 0 Å². The Bertz CT molecular complexity index is 822. The number of nitrogens with one attached hydrogen (secondary N) is 2. The molecule has 0 fully saturated rings. The Kier molecular flexibility index (Phi) is 7.26. The summed E-state index contributed by atoms with van der Waals surface area (Å²) in [6, 6.07) is 12.8. The van der Waals surface area contributed by atoms with E-state index >= 15 is 0 Å². The molecule has 0 aliphatic carbocycles. The topological polar surface area (TPSA) is 84.5 Å². The van der Waals surface area contributed by atoms with E-state index in [9.17, 15) is 18.8 Å². The maximum Gasteiger partial charge on any atom is 0.329 e. The van der Waals surface area contributed by atoms with E-state index in [1.807, 2.05) is 6.07 Å². The van der Waals surface area contributed by atoms with Gasteiger partial charge >= 0.3 is 5.97 Å². The van der Waals surface area contributed by atoms with Crippen molar-refractivity contribution in [1.29, 1.82) is 0 Å². The average molecular weight is 386 g/mol. The Morgan fingerprint density at radius 3 is 2.11 bits per heavy atom. The van der Waals surface area contributed by atoms with Crippen molar-refractivity contribution < 1.29 is 23.5 Å². The minimum absolute atomic E-state index is 0.217. The Labute approximate surface area is 163 Å². The zero-order valence-corrected chi connectivity index (χ0v) is 15.9. The van der Waals surface area contributed by atoms with Gasteiger partial charge in [0.15, 0.2) is 6.10 Å². The third-order valence-corrected chi connectivity index (χ3v) is 4.02. The summed E-state index contributed by atoms with van der Waals surface area (Å²) in [5.74, 6) is -2.47. The monoisotopic (exact) mass is 386 g/mol. The fraction of sp³-hybridized carbons (Fsp3) is 0.286. The Hall–Kier alpha value is -3.22. The number of carbonyl (C=O) groups is 3. The van der Waals surface area contributed by atoms with Crippen molar-refractivity contribution in [2.75, 3.05) is 5.32 Å². The van der Waals surface area contributed by atoms with E-state index in [1.54, 1.807) is 38.1 Å². The van der Waals surface area contributed by atoms with Gasteiger partial charge in [-0.05, 0) is 49.2 Å². The lowest BCUT2D eigenvalue weighted by atomic mass is 10.0. The van der Waals surface area contributed by atoms with E-state index in [4.69, 9.17) is 4.74 Å². The molecule has 0 radical (unpaired) electrons. The summed E-state index contributed by atoms with van der Waals surface area (Å²) in [6.45, 7) is 4.94. The van der Waals surface area contributed by atoms with Crippen LogP contribution in [0.1, 0.15) is 31.1 Å². The molecule has 2 amide bonds. The second-order valence-corrected chi connectivity index (χ2v) is 6.64. The molecule has 0 saturated carbocycles. The summed E-state index contributed by atoms with van der Waals surface area (Å²) < 4.78 is 18.2. The number of benzene rings is 2. The SMILES string of the molecule is CC(C)[C@H](NC(=O)c1ccc(F)cc1)C(=O)O[C@H](C)C(=O)Nc1ccccc1. The molecule has 0 aromatic heterocycles. The van der Waals surface area contributed by atoms with Gasteiger partial charge in [0.05, 0.1) is 0 Å². The number of carbonyl (C=O) groups excluding carboxylic acids is 3. The number of hydrogen-bond donors (Lipinski definition) is 2. The van der Waals surface area contributed by atoms with Crippen molar-refractivity contribution in [1.82, 2.24) is 5.32 Å². The lowest BCUT2D eigenvalue weighted by molar-refractivity contribution is -0.156. The Balaban J connectivity index is 1.98. The minimum Gasteiger partial charge on any atom is -0.451 e. The zero-order chi connectivity index (χ0) is 20.7. The summed E-state index contributed by atoms with van der Waals surface area (Å²) in [6.07, 6.45) is -1.04. The van der Waals surface area contributed by atoms with Crippen LogP contribution in [0.25, 0.3) is 0 Å². The highest BCUT2D eigenvalue weighted by Gasteiger charge is 2.29. The van der Waals surface area contributed by atoms with Crippen molar-refractivity contribution in [3.63, 3.8) is 0 Å². The van der Waals surface area contributed by atoms with Crippen LogP contribution < -0.4 is 10.6 Å². The van der Waals surface area contributed by atoms with Gasteiger partial charge in [-0.1, -0.05) is 32.0 Å². The molecule has 2 N–H and O–H groups in total. The maximum atomic E-state index is 13.0. The van der Waals surface area contributed by atoms with Gasteiger partial charge in [-0.15, -0.1) is 0 Å². The van der Waals surface area contributed by atoms with E-state index < -0.39 is 35.7 Å². The number of anilines is 1. The standard InChI is InChI=1S/C21H23FN2O4/c1-13(2)18(24-20(26)15-9-11-16(22)12-10-15)21(27)28-14(3)19(25)23-17-7-5-4-6-8-17/h4-14,18H,1-3H3,(H,23,25)(H,24,26)/t14-,18+/m1/s1. The molecule has 2 aromatic carbocycles. The second kappa shape index (κ2) is 9.64. The molecule has 28 heavy (non-hydrogen) atoms. The normalized spacial score (nSPS) is 12.8. The van der Waals surface area contributed by atoms with Gasteiger partial charge in [0.1, 0.15) is 11.9 Å². The van der Waals surface area contributed by atoms with Crippen molar-refractivity contribution in [3.8, 4) is 0 Å². The van der Waals surface area contributed by atoms with Crippen LogP contribution in [-0.2, 0) is 14.3 Å². The van der Waals surface area contributed by atoms with E-state index in [1.165, 1.54) is 19.1 Å². The number of para-hydroxylation sites is 1. The summed E-state index contributed by atoms with van der Waals surface area (Å²) in [5, 5.41) is 5.23. The first-order valence-corrected chi connectivity index (χ1v) is 8.90. The van der Waals surface area contributed by atoms with Gasteiger partial charge in [0.25, 0.3) is 11.8 Å². The number of ether oxygens (including phenoxy) is 1. The van der Waals surface area contributed by atoms with Crippen LogP contribution in [0, 0.1) is 11.7 Å². The average Bonchev–Trinajstić information content (AvgIpc) is 2.66. The molecule has 0 unspecified atom stereocenters. The molecule has 0 saturated heterocycles. The third-order valence-electron chi connectivity index (χ3n) is 4.02. The van der Waals surface area contributed by atoms with Gasteiger partial charge in [0.2, 0.25) is 0 Å². The van der Waals surface area contributed by atoms with E-state index in [-0.39, 0.29) is 11.5 Å². The van der Waals surface area contributed by atoms with Gasteiger partial charge in [-0.2, -0.15) is 0 Å². The van der Waals surface area contributed by atoms with Crippen LogP contribution >= 0.6 is 0 Å². The highest BCUT2D eigenvalue weighted by molar-refractivity contribution is 5.98. The molecule has 2 atom stereocenters. The number of rotatable bonds is 7. The molecule has 0 heterocycles. The predicted molar refractivity (Wildman–Crippen MR) is 103 cm³/mol. The molecule has 0 aliphatic rings. The number of esters is 1. The van der Waals surface area contributed by atoms with Crippen LogP contribution in [-0.4, -0.2) is 29.9 Å². The van der Waals surface area contributed by atoms with Gasteiger partial charge in [0, 0.05) is 11.3 Å². The van der Waals surface area contributed by atoms with E-state index in [2.05, 4.69) is 10.6 Å². The molecule has 0 spiro atoms. The fourth-order valence-electron chi connectivity index (χ4n) is 2.39. The van der Waals surface area contributed by atoms with Crippen molar-refractivity contribution in [2.45, 2.75) is 32.9 Å². The molecule has 0 aliphatic heterocycles. The number of hydrogen-bond acceptors (Lipinski definition) is 4. The zero-order valence-electron chi connectivity index (χ0n) is 15.9. The number of halogens is 1. The largest absolute Gasteiger partial charge is 0.451 e. The van der Waals surface area contributed by atoms with E-state index in [0.29, 0.717) is 5.69 Å². The van der Waals surface area contributed by atoms with Gasteiger partial charge < -0.3 is 15.4 Å². The maximum absolute atomic E-state index is 13.0. The summed E-state index contributed by atoms with van der Waals surface area (Å²) in [5.41, 5.74) is 0.801. The molecular formula is C21H23FN2O4. The van der Waals surface area contributed by atoms with Crippen molar-refractivity contribution in [3.05, 3.63) is 66.0 Å². The van der Waals surface area contributed by atoms with Gasteiger partial charge in [-0.25, -0.2) is 9.18 Å². The van der Waals surface area contributed by atoms with Crippen LogP contribution in [0.5, 0.6) is 0 Å². The molecule has 7 heteroatoms. The first kappa shape index (κ1) is 21.1. The second-order valence-electron chi connectivity index (χ2n) is 6.64. The van der Waals surface area contributed by atoms with E-state index in [0.717, 1.165) is 12.1 Å². The number of amides is 2. The third kappa shape index (κ3) is 5.90. The lowest BCUT2D eigenvalue weighted by Gasteiger charge is -2.23. The summed E-state index contributed by atoms with van der Waals surface area (Å²) in [7, 11) is 0. The van der Waals surface area contributed by atoms with Crippen LogP contribution in [0.4, 0.5) is 10.1 Å². The molecule has 0 bridgehead atoms. The first-order valence-electron chi connectivity index (χ1n) is 8.90. The minimum atomic E-state index is -1.04. The summed E-state index contributed by atoms with van der Waals surface area (Å²) >= 11 is 0. The molecule has 2 rings (SSSR count). The summed E-state index contributed by atoms with van der Waals surface area (Å²) in [4.78, 5) is 37.0. The fourth-order valence-corrected chi connectivity index (χ4v) is 2.39. The Morgan fingerprint density at radius 1 is 0.929 bits per heavy atom. The smallest absolute Gasteiger partial charge is 0.329 e. The van der Waals surface area contributed by atoms with Crippen LogP contribution in [0.15, 0.2) is 54.6 Å². The highest BCUT2D eigenvalue weighted by atomic mass is 19.1. The predicted octanol–water partition coefficient (Wildman–Crippen LogP) is 3.15. The van der Waals surface area contributed by atoms with Crippen molar-refractivity contribution >= 4 is 23.5 Å². The highest BCUT2D eigenvalue weighted by Crippen LogP contribution is 2.11. The quantitative estimate of drug-likeness (QED) is 0.716. The Morgan fingerprint density at radius 2 is 1.54 bits per heavy atom. The molecule has 2 aromatic rings. The lowest BCUT2D eigenvalue weighted by Crippen LogP contribution is -2.47. The van der Waals surface area contributed by atoms with Crippen molar-refractivity contribution in [2.24, 2.45) is 5.92 Å². The first-order chi connectivity index (χ1) is 13.3. The van der Waals surface area contributed by atoms with Crippen LogP contribution in [0.2, 0.25) is 0 Å². The van der Waals surface area contributed by atoms with Gasteiger partial charge in [-0.3, -0.25) is 9.59 Å².